The molecule has 0 saturated carbocycles. The number of fused-ring (bicyclic) bond motifs is 1. The van der Waals surface area contributed by atoms with Gasteiger partial charge >= 0.3 is 5.97 Å². The first-order chi connectivity index (χ1) is 10.2. The number of aliphatic carboxylic acids is 1. The van der Waals surface area contributed by atoms with Crippen LogP contribution in [0.5, 0.6) is 0 Å². The Morgan fingerprint density at radius 3 is 2.77 bits per heavy atom. The topological polar surface area (TPSA) is 83.9 Å². The lowest BCUT2D eigenvalue weighted by Gasteiger charge is -2.21. The summed E-state index contributed by atoms with van der Waals surface area (Å²) in [5.41, 5.74) is 1.07. The van der Waals surface area contributed by atoms with Crippen LogP contribution in [0.1, 0.15) is 17.5 Å². The fraction of sp³-hybridized carbons (Fsp3) is 0.462. The van der Waals surface area contributed by atoms with Gasteiger partial charge in [0.05, 0.1) is 24.7 Å². The minimum atomic E-state index is -4.34. The van der Waals surface area contributed by atoms with E-state index in [-0.39, 0.29) is 18.1 Å². The molecule has 2 heterocycles. The largest absolute Gasteiger partial charge is 0.480 e. The highest BCUT2D eigenvalue weighted by Gasteiger charge is 2.53. The Balaban J connectivity index is 2.07. The minimum absolute atomic E-state index is 0.0622. The second-order valence-corrected chi connectivity index (χ2v) is 7.21. The van der Waals surface area contributed by atoms with Crippen LogP contribution in [-0.2, 0) is 32.8 Å². The third kappa shape index (κ3) is 2.38. The highest BCUT2D eigenvalue weighted by Crippen LogP contribution is 2.38. The molecule has 1 fully saturated rings. The first-order valence-electron chi connectivity index (χ1n) is 6.53. The molecule has 6 nitrogen and oxygen atoms in total. The molecule has 1 atom stereocenters. The monoisotopic (exact) mass is 333 g/mol. The Morgan fingerprint density at radius 2 is 2.09 bits per heavy atom. The average molecular weight is 333 g/mol. The molecule has 3 rings (SSSR count). The lowest BCUT2D eigenvalue weighted by molar-refractivity contribution is -0.141. The van der Waals surface area contributed by atoms with Gasteiger partial charge in [-0.2, -0.15) is 4.31 Å². The number of hydrogen-bond acceptors (Lipinski definition) is 4. The number of rotatable bonds is 3. The van der Waals surface area contributed by atoms with Crippen LogP contribution in [0.2, 0.25) is 0 Å². The van der Waals surface area contributed by atoms with Crippen molar-refractivity contribution in [1.82, 2.24) is 4.31 Å². The Labute approximate surface area is 125 Å². The van der Waals surface area contributed by atoms with Crippen LogP contribution >= 0.6 is 0 Å². The molecular formula is C13H13F2NO5S. The van der Waals surface area contributed by atoms with Crippen molar-refractivity contribution in [3.8, 4) is 0 Å². The second-order valence-electron chi connectivity index (χ2n) is 5.35. The van der Waals surface area contributed by atoms with E-state index in [1.54, 1.807) is 6.07 Å². The number of nitrogens with zero attached hydrogens (tertiary/aromatic N) is 1. The van der Waals surface area contributed by atoms with Crippen LogP contribution in [0.15, 0.2) is 23.1 Å². The number of hydrogen-bond donors (Lipinski definition) is 1. The molecule has 0 amide bonds. The smallest absolute Gasteiger partial charge is 0.322 e. The van der Waals surface area contributed by atoms with Gasteiger partial charge in [-0.25, -0.2) is 17.2 Å². The molecule has 2 aliphatic rings. The number of alkyl halides is 2. The van der Waals surface area contributed by atoms with Crippen LogP contribution in [0.4, 0.5) is 8.78 Å². The molecule has 0 radical (unpaired) electrons. The van der Waals surface area contributed by atoms with Crippen LogP contribution < -0.4 is 0 Å². The standard InChI is InChI=1S/C13H13F2NO5S/c14-13(15)4-10(12(17)18)16(7-13)22(19,20)11-3-1-2-8-5-21-6-9(8)11/h1-3,10H,4-7H2,(H,17,18)/t10-/m1/s1. The molecule has 120 valence electrons. The zero-order chi connectivity index (χ0) is 16.1. The van der Waals surface area contributed by atoms with Crippen molar-refractivity contribution < 1.29 is 31.8 Å². The van der Waals surface area contributed by atoms with Crippen molar-refractivity contribution in [1.29, 1.82) is 0 Å². The number of carboxylic acids is 1. The van der Waals surface area contributed by atoms with E-state index in [0.29, 0.717) is 15.4 Å². The Hall–Kier alpha value is -1.58. The van der Waals surface area contributed by atoms with E-state index in [9.17, 15) is 22.0 Å². The quantitative estimate of drug-likeness (QED) is 0.898. The van der Waals surface area contributed by atoms with Gasteiger partial charge in [-0.15, -0.1) is 0 Å². The van der Waals surface area contributed by atoms with Gasteiger partial charge in [0.1, 0.15) is 6.04 Å². The summed E-state index contributed by atoms with van der Waals surface area (Å²) in [7, 11) is -4.34. The van der Waals surface area contributed by atoms with E-state index in [4.69, 9.17) is 9.84 Å². The predicted octanol–water partition coefficient (Wildman–Crippen LogP) is 1.20. The highest BCUT2D eigenvalue weighted by molar-refractivity contribution is 7.89. The van der Waals surface area contributed by atoms with Crippen molar-refractivity contribution in [2.24, 2.45) is 0 Å². The number of carboxylic acid groups (broad SMARTS) is 1. The first kappa shape index (κ1) is 15.3. The van der Waals surface area contributed by atoms with Gasteiger partial charge in [-0.3, -0.25) is 4.79 Å². The molecule has 0 aromatic heterocycles. The SMILES string of the molecule is O=C(O)[C@H]1CC(F)(F)CN1S(=O)(=O)c1cccc2c1COC2. The summed E-state index contributed by atoms with van der Waals surface area (Å²) in [6, 6.07) is 2.70. The van der Waals surface area contributed by atoms with Crippen LogP contribution in [0.3, 0.4) is 0 Å². The van der Waals surface area contributed by atoms with Crippen LogP contribution in [-0.4, -0.2) is 42.3 Å². The lowest BCUT2D eigenvalue weighted by Crippen LogP contribution is -2.41. The lowest BCUT2D eigenvalue weighted by atomic mass is 10.1. The van der Waals surface area contributed by atoms with Crippen molar-refractivity contribution >= 4 is 16.0 Å². The van der Waals surface area contributed by atoms with Crippen molar-refractivity contribution in [2.45, 2.75) is 36.5 Å². The molecule has 22 heavy (non-hydrogen) atoms. The summed E-state index contributed by atoms with van der Waals surface area (Å²) in [4.78, 5) is 11.0. The molecule has 0 spiro atoms. The maximum Gasteiger partial charge on any atom is 0.322 e. The summed E-state index contributed by atoms with van der Waals surface area (Å²) >= 11 is 0. The number of benzene rings is 1. The summed E-state index contributed by atoms with van der Waals surface area (Å²) in [5, 5.41) is 9.06. The van der Waals surface area contributed by atoms with E-state index in [2.05, 4.69) is 0 Å². The molecular weight excluding hydrogens is 320 g/mol. The maximum absolute atomic E-state index is 13.5. The molecule has 2 aliphatic heterocycles. The Kier molecular flexibility index (Phi) is 3.46. The molecule has 9 heteroatoms. The molecule has 1 aromatic carbocycles. The van der Waals surface area contributed by atoms with E-state index >= 15 is 0 Å². The summed E-state index contributed by atoms with van der Waals surface area (Å²) in [5.74, 6) is -4.94. The van der Waals surface area contributed by atoms with E-state index in [1.807, 2.05) is 0 Å². The third-order valence-electron chi connectivity index (χ3n) is 3.83. The number of ether oxygens (including phenoxy) is 1. The normalized spacial score (nSPS) is 24.4. The number of carbonyl (C=O) groups is 1. The third-order valence-corrected chi connectivity index (χ3v) is 5.77. The first-order valence-corrected chi connectivity index (χ1v) is 7.97. The minimum Gasteiger partial charge on any atom is -0.480 e. The van der Waals surface area contributed by atoms with Gasteiger partial charge in [0.2, 0.25) is 10.0 Å². The predicted molar refractivity (Wildman–Crippen MR) is 69.8 cm³/mol. The van der Waals surface area contributed by atoms with Crippen molar-refractivity contribution in [3.05, 3.63) is 29.3 Å². The Bertz CT molecular complexity index is 734. The molecule has 1 aromatic rings. The molecule has 1 N–H and O–H groups in total. The molecule has 1 saturated heterocycles. The molecule has 0 bridgehead atoms. The molecule has 0 aliphatic carbocycles. The summed E-state index contributed by atoms with van der Waals surface area (Å²) in [6.45, 7) is -0.819. The van der Waals surface area contributed by atoms with Gasteiger partial charge in [-0.1, -0.05) is 12.1 Å². The van der Waals surface area contributed by atoms with E-state index < -0.39 is 40.9 Å². The fourth-order valence-electron chi connectivity index (χ4n) is 2.79. The van der Waals surface area contributed by atoms with Crippen molar-refractivity contribution in [2.75, 3.05) is 6.54 Å². The zero-order valence-corrected chi connectivity index (χ0v) is 12.1. The fourth-order valence-corrected chi connectivity index (χ4v) is 4.65. The van der Waals surface area contributed by atoms with E-state index in [1.165, 1.54) is 12.1 Å². The van der Waals surface area contributed by atoms with Crippen LogP contribution in [0.25, 0.3) is 0 Å². The van der Waals surface area contributed by atoms with Crippen LogP contribution in [0, 0.1) is 0 Å². The number of sulfonamides is 1. The average Bonchev–Trinajstić information content (AvgIpc) is 3.01. The van der Waals surface area contributed by atoms with Crippen molar-refractivity contribution in [3.63, 3.8) is 0 Å². The maximum atomic E-state index is 13.5. The highest BCUT2D eigenvalue weighted by atomic mass is 32.2. The van der Waals surface area contributed by atoms with Gasteiger partial charge in [0.15, 0.2) is 0 Å². The molecule has 0 unspecified atom stereocenters. The number of halogens is 2. The van der Waals surface area contributed by atoms with Gasteiger partial charge in [0.25, 0.3) is 5.92 Å². The van der Waals surface area contributed by atoms with E-state index in [0.717, 1.165) is 0 Å². The summed E-state index contributed by atoms with van der Waals surface area (Å²) in [6.07, 6.45) is -1.02. The Morgan fingerprint density at radius 1 is 1.36 bits per heavy atom. The summed E-state index contributed by atoms with van der Waals surface area (Å²) < 4.78 is 58.0. The zero-order valence-electron chi connectivity index (χ0n) is 11.3. The van der Waals surface area contributed by atoms with Gasteiger partial charge < -0.3 is 9.84 Å². The van der Waals surface area contributed by atoms with Gasteiger partial charge in [0, 0.05) is 12.0 Å². The van der Waals surface area contributed by atoms with Gasteiger partial charge in [-0.05, 0) is 11.6 Å². The second kappa shape index (κ2) is 4.97.